The number of pyridine rings is 1. The molecule has 3 N–H and O–H groups in total. The fourth-order valence-corrected chi connectivity index (χ4v) is 3.37. The van der Waals surface area contributed by atoms with Gasteiger partial charge in [-0.25, -0.2) is 4.98 Å². The van der Waals surface area contributed by atoms with Gasteiger partial charge in [0.15, 0.2) is 0 Å². The molecule has 5 heteroatoms. The van der Waals surface area contributed by atoms with Crippen LogP contribution in [-0.2, 0) is 0 Å². The number of amides is 1. The number of nitrogens with one attached hydrogen (secondary N) is 1. The van der Waals surface area contributed by atoms with E-state index in [-0.39, 0.29) is 11.9 Å². The monoisotopic (exact) mass is 313 g/mol. The Labute approximate surface area is 133 Å². The highest BCUT2D eigenvalue weighted by atomic mass is 32.1. The predicted octanol–water partition coefficient (Wildman–Crippen LogP) is 3.87. The molecule has 0 aliphatic heterocycles. The Morgan fingerprint density at radius 1 is 1.41 bits per heavy atom. The molecule has 1 aromatic carbocycles. The number of carbonyl (C=O) groups is 1. The number of anilines is 1. The van der Waals surface area contributed by atoms with Crippen LogP contribution in [0.15, 0.2) is 24.3 Å². The highest BCUT2D eigenvalue weighted by Gasteiger charge is 2.18. The summed E-state index contributed by atoms with van der Waals surface area (Å²) in [4.78, 5) is 18.3. The lowest BCUT2D eigenvalue weighted by Gasteiger charge is -2.10. The maximum atomic E-state index is 12.3. The molecule has 0 aliphatic rings. The first-order valence-electron chi connectivity index (χ1n) is 7.40. The summed E-state index contributed by atoms with van der Waals surface area (Å²) in [5.74, 6) is -0.116. The van der Waals surface area contributed by atoms with Gasteiger partial charge in [-0.15, -0.1) is 11.3 Å². The number of rotatable bonds is 3. The Morgan fingerprint density at radius 3 is 2.91 bits per heavy atom. The number of thiophene rings is 1. The third kappa shape index (κ3) is 2.52. The molecule has 22 heavy (non-hydrogen) atoms. The van der Waals surface area contributed by atoms with Crippen LogP contribution in [0, 0.1) is 6.92 Å². The SMILES string of the molecule is CC[C@H](C)NC(=O)c1sc2nc3ccc(C)cc3cc2c1N. The van der Waals surface area contributed by atoms with Crippen molar-refractivity contribution in [1.82, 2.24) is 10.3 Å². The normalized spacial score (nSPS) is 12.7. The summed E-state index contributed by atoms with van der Waals surface area (Å²) in [5, 5.41) is 4.87. The number of nitrogens with two attached hydrogens (primary N) is 1. The van der Waals surface area contributed by atoms with Gasteiger partial charge in [0.05, 0.1) is 11.2 Å². The predicted molar refractivity (Wildman–Crippen MR) is 93.5 cm³/mol. The molecule has 3 rings (SSSR count). The van der Waals surface area contributed by atoms with Crippen molar-refractivity contribution in [2.24, 2.45) is 0 Å². The number of carbonyl (C=O) groups excluding carboxylic acids is 1. The third-order valence-electron chi connectivity index (χ3n) is 3.86. The summed E-state index contributed by atoms with van der Waals surface area (Å²) in [5.41, 5.74) is 8.82. The highest BCUT2D eigenvalue weighted by molar-refractivity contribution is 7.21. The summed E-state index contributed by atoms with van der Waals surface area (Å²) < 4.78 is 0. The zero-order valence-electron chi connectivity index (χ0n) is 12.9. The zero-order chi connectivity index (χ0) is 15.9. The molecule has 3 aromatic rings. The van der Waals surface area contributed by atoms with Gasteiger partial charge in [0.2, 0.25) is 0 Å². The first-order chi connectivity index (χ1) is 10.5. The fraction of sp³-hybridized carbons (Fsp3) is 0.294. The number of hydrogen-bond donors (Lipinski definition) is 2. The van der Waals surface area contributed by atoms with Crippen LogP contribution in [0.2, 0.25) is 0 Å². The van der Waals surface area contributed by atoms with E-state index >= 15 is 0 Å². The fourth-order valence-electron chi connectivity index (χ4n) is 2.38. The Morgan fingerprint density at radius 2 is 2.18 bits per heavy atom. The molecule has 2 heterocycles. The van der Waals surface area contributed by atoms with Crippen molar-refractivity contribution in [2.75, 3.05) is 5.73 Å². The van der Waals surface area contributed by atoms with Crippen molar-refractivity contribution in [3.63, 3.8) is 0 Å². The molecule has 0 radical (unpaired) electrons. The number of hydrogen-bond acceptors (Lipinski definition) is 4. The molecule has 0 saturated heterocycles. The van der Waals surface area contributed by atoms with Crippen molar-refractivity contribution in [1.29, 1.82) is 0 Å². The molecule has 114 valence electrons. The van der Waals surface area contributed by atoms with Gasteiger partial charge in [-0.3, -0.25) is 4.79 Å². The first-order valence-corrected chi connectivity index (χ1v) is 8.21. The summed E-state index contributed by atoms with van der Waals surface area (Å²) in [7, 11) is 0. The molecular formula is C17H19N3OS. The Bertz CT molecular complexity index is 869. The summed E-state index contributed by atoms with van der Waals surface area (Å²) in [6, 6.07) is 8.27. The van der Waals surface area contributed by atoms with Gasteiger partial charge in [-0.05, 0) is 38.5 Å². The van der Waals surface area contributed by atoms with Crippen LogP contribution in [0.4, 0.5) is 5.69 Å². The maximum absolute atomic E-state index is 12.3. The van der Waals surface area contributed by atoms with E-state index in [4.69, 9.17) is 5.73 Å². The van der Waals surface area contributed by atoms with Gasteiger partial charge in [-0.1, -0.05) is 18.6 Å². The standard InChI is InChI=1S/C17H19N3OS/c1-4-10(3)19-16(21)15-14(18)12-8-11-7-9(2)5-6-13(11)20-17(12)22-15/h5-8,10H,4,18H2,1-3H3,(H,19,21)/t10-/m0/s1. The molecule has 0 fully saturated rings. The van der Waals surface area contributed by atoms with Crippen molar-refractivity contribution < 1.29 is 4.79 Å². The molecule has 0 saturated carbocycles. The van der Waals surface area contributed by atoms with Gasteiger partial charge in [0.25, 0.3) is 5.91 Å². The van der Waals surface area contributed by atoms with Crippen LogP contribution < -0.4 is 11.1 Å². The molecule has 1 amide bonds. The van der Waals surface area contributed by atoms with Gasteiger partial charge in [0.1, 0.15) is 9.71 Å². The quantitative estimate of drug-likeness (QED) is 0.771. The number of benzene rings is 1. The van der Waals surface area contributed by atoms with Crippen LogP contribution in [0.25, 0.3) is 21.1 Å². The lowest BCUT2D eigenvalue weighted by Crippen LogP contribution is -2.31. The molecular weight excluding hydrogens is 294 g/mol. The molecule has 4 nitrogen and oxygen atoms in total. The summed E-state index contributed by atoms with van der Waals surface area (Å²) in [6.07, 6.45) is 0.887. The molecule has 1 atom stereocenters. The van der Waals surface area contributed by atoms with Crippen molar-refractivity contribution >= 4 is 44.1 Å². The highest BCUT2D eigenvalue weighted by Crippen LogP contribution is 2.34. The Balaban J connectivity index is 2.12. The van der Waals surface area contributed by atoms with Crippen LogP contribution in [0.3, 0.4) is 0 Å². The minimum Gasteiger partial charge on any atom is -0.397 e. The van der Waals surface area contributed by atoms with E-state index in [0.29, 0.717) is 10.6 Å². The van der Waals surface area contributed by atoms with Crippen LogP contribution >= 0.6 is 11.3 Å². The van der Waals surface area contributed by atoms with E-state index in [1.165, 1.54) is 16.9 Å². The number of aryl methyl sites for hydroxylation is 1. The lowest BCUT2D eigenvalue weighted by molar-refractivity contribution is 0.0944. The van der Waals surface area contributed by atoms with E-state index in [2.05, 4.69) is 16.4 Å². The Hall–Kier alpha value is -2.14. The smallest absolute Gasteiger partial charge is 0.263 e. The van der Waals surface area contributed by atoms with E-state index in [0.717, 1.165) is 27.5 Å². The van der Waals surface area contributed by atoms with Crippen molar-refractivity contribution in [3.05, 3.63) is 34.7 Å². The topological polar surface area (TPSA) is 68.0 Å². The van der Waals surface area contributed by atoms with Gasteiger partial charge in [0, 0.05) is 16.8 Å². The van der Waals surface area contributed by atoms with Crippen LogP contribution in [-0.4, -0.2) is 16.9 Å². The second-order valence-corrected chi connectivity index (χ2v) is 6.66. The van der Waals surface area contributed by atoms with Crippen molar-refractivity contribution in [3.8, 4) is 0 Å². The molecule has 2 aromatic heterocycles. The minimum atomic E-state index is -0.116. The maximum Gasteiger partial charge on any atom is 0.263 e. The lowest BCUT2D eigenvalue weighted by atomic mass is 10.1. The largest absolute Gasteiger partial charge is 0.397 e. The van der Waals surface area contributed by atoms with Gasteiger partial charge < -0.3 is 11.1 Å². The van der Waals surface area contributed by atoms with E-state index in [1.54, 1.807) is 0 Å². The second-order valence-electron chi connectivity index (χ2n) is 5.66. The van der Waals surface area contributed by atoms with Gasteiger partial charge in [-0.2, -0.15) is 0 Å². The molecule has 0 bridgehead atoms. The summed E-state index contributed by atoms with van der Waals surface area (Å²) in [6.45, 7) is 6.07. The van der Waals surface area contributed by atoms with E-state index in [1.807, 2.05) is 39.0 Å². The average molecular weight is 313 g/mol. The molecule has 0 unspecified atom stereocenters. The van der Waals surface area contributed by atoms with E-state index in [9.17, 15) is 4.79 Å². The molecule has 0 aliphatic carbocycles. The zero-order valence-corrected chi connectivity index (χ0v) is 13.8. The number of nitrogens with zero attached hydrogens (tertiary/aromatic N) is 1. The second kappa shape index (κ2) is 5.57. The van der Waals surface area contributed by atoms with E-state index < -0.39 is 0 Å². The minimum absolute atomic E-state index is 0.116. The number of aromatic nitrogens is 1. The average Bonchev–Trinajstić information content (AvgIpc) is 2.81. The number of nitrogen functional groups attached to an aromatic ring is 1. The van der Waals surface area contributed by atoms with Crippen molar-refractivity contribution in [2.45, 2.75) is 33.2 Å². The van der Waals surface area contributed by atoms with Crippen LogP contribution in [0.1, 0.15) is 35.5 Å². The first kappa shape index (κ1) is 14.8. The van der Waals surface area contributed by atoms with Gasteiger partial charge >= 0.3 is 0 Å². The molecule has 0 spiro atoms. The summed E-state index contributed by atoms with van der Waals surface area (Å²) >= 11 is 1.36. The number of fused-ring (bicyclic) bond motifs is 2. The third-order valence-corrected chi connectivity index (χ3v) is 4.98. The Kier molecular flexibility index (Phi) is 3.74. The van der Waals surface area contributed by atoms with Crippen LogP contribution in [0.5, 0.6) is 0 Å².